The van der Waals surface area contributed by atoms with Gasteiger partial charge in [0.2, 0.25) is 0 Å². The van der Waals surface area contributed by atoms with Crippen LogP contribution in [0, 0.1) is 0 Å². The van der Waals surface area contributed by atoms with Crippen LogP contribution in [-0.2, 0) is 14.2 Å². The second-order valence-electron chi connectivity index (χ2n) is 11.4. The zero-order valence-electron chi connectivity index (χ0n) is 22.7. The van der Waals surface area contributed by atoms with Gasteiger partial charge in [0.25, 0.3) is 0 Å². The molecule has 4 heteroatoms. The number of ether oxygens (including phenoxy) is 3. The number of rotatable bonds is 5. The average molecular weight is 483 g/mol. The molecule has 0 spiro atoms. The molecule has 2 aliphatic rings. The minimum Gasteiger partial charge on any atom is -0.342 e. The summed E-state index contributed by atoms with van der Waals surface area (Å²) in [5.41, 5.74) is 7.08. The van der Waals surface area contributed by atoms with Crippen molar-refractivity contribution < 1.29 is 14.2 Å². The van der Waals surface area contributed by atoms with E-state index in [1.54, 1.807) is 0 Å². The van der Waals surface area contributed by atoms with Crippen molar-refractivity contribution in [3.8, 4) is 11.1 Å². The van der Waals surface area contributed by atoms with E-state index in [9.17, 15) is 0 Å². The predicted molar refractivity (Wildman–Crippen MR) is 144 cm³/mol. The quantitative estimate of drug-likeness (QED) is 0.400. The van der Waals surface area contributed by atoms with Crippen LogP contribution in [0.3, 0.4) is 0 Å². The first kappa shape index (κ1) is 25.8. The first-order valence-corrected chi connectivity index (χ1v) is 14.4. The summed E-state index contributed by atoms with van der Waals surface area (Å²) in [7, 11) is -0.760. The molecule has 2 aromatic rings. The maximum Gasteiger partial charge on any atom is 0.172 e. The Bertz CT molecular complexity index is 1020. The fraction of sp³-hybridized carbons (Fsp3) is 0.600. The van der Waals surface area contributed by atoms with Gasteiger partial charge in [-0.15, -0.1) is 0 Å². The fourth-order valence-corrected chi connectivity index (χ4v) is 9.44. The Kier molecular flexibility index (Phi) is 7.08. The van der Waals surface area contributed by atoms with Crippen LogP contribution in [0.4, 0.5) is 0 Å². The van der Waals surface area contributed by atoms with Crippen molar-refractivity contribution in [3.63, 3.8) is 0 Å². The molecule has 2 saturated heterocycles. The summed E-state index contributed by atoms with van der Waals surface area (Å²) in [6, 6.07) is 13.9. The summed E-state index contributed by atoms with van der Waals surface area (Å²) in [5, 5.41) is 1.08. The molecule has 34 heavy (non-hydrogen) atoms. The lowest BCUT2D eigenvalue weighted by Gasteiger charge is -2.57. The highest BCUT2D eigenvalue weighted by Crippen LogP contribution is 2.65. The number of hydrogen-bond donors (Lipinski definition) is 0. The van der Waals surface area contributed by atoms with Crippen molar-refractivity contribution in [2.24, 2.45) is 0 Å². The molecular weight excluding hydrogens is 439 g/mol. The largest absolute Gasteiger partial charge is 0.342 e. The predicted octanol–water partition coefficient (Wildman–Crippen LogP) is 8.42. The van der Waals surface area contributed by atoms with Crippen LogP contribution in [0.2, 0.25) is 0 Å². The van der Waals surface area contributed by atoms with Gasteiger partial charge in [-0.05, 0) is 86.5 Å². The molecular formula is C30H43O3P. The van der Waals surface area contributed by atoms with Crippen molar-refractivity contribution in [2.45, 2.75) is 117 Å². The molecule has 0 amide bonds. The summed E-state index contributed by atoms with van der Waals surface area (Å²) in [6.45, 7) is 22.4. The molecule has 5 unspecified atom stereocenters. The van der Waals surface area contributed by atoms with Gasteiger partial charge >= 0.3 is 0 Å². The molecule has 0 N–H and O–H groups in total. The number of fused-ring (bicyclic) bond motifs is 2. The van der Waals surface area contributed by atoms with Gasteiger partial charge in [-0.25, -0.2) is 0 Å². The first-order valence-electron chi connectivity index (χ1n) is 12.9. The highest BCUT2D eigenvalue weighted by Gasteiger charge is 2.57. The van der Waals surface area contributed by atoms with E-state index in [1.807, 2.05) is 6.92 Å². The summed E-state index contributed by atoms with van der Waals surface area (Å²) in [4.78, 5) is 0. The third kappa shape index (κ3) is 4.62. The maximum absolute atomic E-state index is 6.57. The molecule has 2 aromatic carbocycles. The Labute approximate surface area is 208 Å². The summed E-state index contributed by atoms with van der Waals surface area (Å²) in [5.74, 6) is 0.817. The van der Waals surface area contributed by atoms with Crippen LogP contribution in [0.1, 0.15) is 110 Å². The lowest BCUT2D eigenvalue weighted by molar-refractivity contribution is -0.369. The molecule has 5 atom stereocenters. The highest BCUT2D eigenvalue weighted by molar-refractivity contribution is 7.67. The van der Waals surface area contributed by atoms with Gasteiger partial charge in [0, 0.05) is 6.42 Å². The van der Waals surface area contributed by atoms with Gasteiger partial charge in [0.1, 0.15) is 0 Å². The van der Waals surface area contributed by atoms with Crippen LogP contribution in [0.25, 0.3) is 11.1 Å². The van der Waals surface area contributed by atoms with Crippen molar-refractivity contribution in [1.82, 2.24) is 0 Å². The maximum atomic E-state index is 6.57. The minimum absolute atomic E-state index is 0.0346. The molecule has 2 fully saturated rings. The Morgan fingerprint density at radius 3 is 1.97 bits per heavy atom. The van der Waals surface area contributed by atoms with Gasteiger partial charge in [-0.3, -0.25) is 0 Å². The second-order valence-corrected chi connectivity index (χ2v) is 14.3. The monoisotopic (exact) mass is 482 g/mol. The van der Waals surface area contributed by atoms with Gasteiger partial charge in [0.05, 0.1) is 11.2 Å². The van der Waals surface area contributed by atoms with E-state index in [2.05, 4.69) is 98.7 Å². The first-order chi connectivity index (χ1) is 15.8. The topological polar surface area (TPSA) is 27.7 Å². The van der Waals surface area contributed by atoms with Crippen LogP contribution < -0.4 is 5.30 Å². The van der Waals surface area contributed by atoms with Crippen LogP contribution in [0.5, 0.6) is 0 Å². The zero-order valence-corrected chi connectivity index (χ0v) is 23.6. The molecule has 4 rings (SSSR count). The van der Waals surface area contributed by atoms with Crippen molar-refractivity contribution in [3.05, 3.63) is 53.1 Å². The molecule has 3 nitrogen and oxygen atoms in total. The molecule has 0 aliphatic carbocycles. The molecule has 2 bridgehead atoms. The Hall–Kier alpha value is -1.25. The molecule has 0 aromatic heterocycles. The van der Waals surface area contributed by atoms with Crippen LogP contribution in [-0.4, -0.2) is 23.3 Å². The Balaban J connectivity index is 1.95. The minimum atomic E-state index is -0.760. The van der Waals surface area contributed by atoms with Crippen molar-refractivity contribution in [2.75, 3.05) is 0 Å². The molecule has 186 valence electrons. The smallest absolute Gasteiger partial charge is 0.172 e. The van der Waals surface area contributed by atoms with Gasteiger partial charge < -0.3 is 14.2 Å². The van der Waals surface area contributed by atoms with Gasteiger partial charge in [0.15, 0.2) is 12.1 Å². The van der Waals surface area contributed by atoms with Crippen LogP contribution >= 0.6 is 7.92 Å². The summed E-state index contributed by atoms with van der Waals surface area (Å²) >= 11 is 0. The van der Waals surface area contributed by atoms with Crippen molar-refractivity contribution >= 4 is 13.2 Å². The molecule has 2 heterocycles. The fourth-order valence-electron chi connectivity index (χ4n) is 6.03. The van der Waals surface area contributed by atoms with E-state index >= 15 is 0 Å². The van der Waals surface area contributed by atoms with E-state index in [1.165, 1.54) is 33.1 Å². The van der Waals surface area contributed by atoms with E-state index in [-0.39, 0.29) is 17.5 Å². The second kappa shape index (κ2) is 9.32. The van der Waals surface area contributed by atoms with Crippen LogP contribution in [0.15, 0.2) is 36.4 Å². The number of benzene rings is 2. The van der Waals surface area contributed by atoms with Crippen molar-refractivity contribution in [1.29, 1.82) is 0 Å². The average Bonchev–Trinajstić information content (AvgIpc) is 2.70. The molecule has 0 radical (unpaired) electrons. The Morgan fingerprint density at radius 2 is 1.41 bits per heavy atom. The molecule has 0 saturated carbocycles. The molecule has 2 aliphatic heterocycles. The SMILES string of the molecule is CC1OC2(C)CC(C)(O1)P(c1ccccc1-c1c(C(C)C)cc(C(C)C)cc1C(C)C)C(C)O2. The third-order valence-corrected chi connectivity index (χ3v) is 10.4. The van der Waals surface area contributed by atoms with E-state index in [0.29, 0.717) is 17.8 Å². The normalized spacial score (nSPS) is 31.5. The van der Waals surface area contributed by atoms with E-state index in [0.717, 1.165) is 6.42 Å². The Morgan fingerprint density at radius 1 is 0.824 bits per heavy atom. The van der Waals surface area contributed by atoms with Gasteiger partial charge in [-0.2, -0.15) is 0 Å². The lowest BCUT2D eigenvalue weighted by Crippen LogP contribution is -2.58. The third-order valence-electron chi connectivity index (χ3n) is 7.34. The highest BCUT2D eigenvalue weighted by atomic mass is 31.1. The summed E-state index contributed by atoms with van der Waals surface area (Å²) in [6.07, 6.45) is 0.464. The van der Waals surface area contributed by atoms with Gasteiger partial charge in [-0.1, -0.05) is 77.9 Å². The van der Waals surface area contributed by atoms with E-state index < -0.39 is 13.7 Å². The van der Waals surface area contributed by atoms with E-state index in [4.69, 9.17) is 14.2 Å². The lowest BCUT2D eigenvalue weighted by atomic mass is 9.82. The number of hydrogen-bond acceptors (Lipinski definition) is 3. The summed E-state index contributed by atoms with van der Waals surface area (Å²) < 4.78 is 19.2. The zero-order chi connectivity index (χ0) is 25.0. The standard InChI is InChI=1S/C30H43O3P/c1-18(2)23-15-25(19(3)4)28(26(16-23)20(5)6)24-13-11-12-14-27(24)34-22(8)33-29(9)17-30(34,10)32-21(7)31-29/h11-16,18-22H,17H2,1-10H3.